The summed E-state index contributed by atoms with van der Waals surface area (Å²) in [6.45, 7) is 3.58. The molecule has 0 bridgehead atoms. The molecule has 2 heterocycles. The van der Waals surface area contributed by atoms with E-state index in [9.17, 15) is 4.79 Å². The van der Waals surface area contributed by atoms with Crippen molar-refractivity contribution >= 4 is 11.6 Å². The third-order valence-corrected chi connectivity index (χ3v) is 5.62. The molecule has 4 rings (SSSR count). The number of rotatable bonds is 8. The number of carbonyl (C=O) groups excluding carboxylic acids is 1. The Labute approximate surface area is 173 Å². The van der Waals surface area contributed by atoms with Crippen LogP contribution in [0.4, 0.5) is 5.69 Å². The fourth-order valence-electron chi connectivity index (χ4n) is 4.21. The van der Waals surface area contributed by atoms with Crippen LogP contribution >= 0.6 is 0 Å². The molecule has 2 unspecified atom stereocenters. The van der Waals surface area contributed by atoms with Crippen LogP contribution in [0.1, 0.15) is 25.7 Å². The van der Waals surface area contributed by atoms with Crippen molar-refractivity contribution in [3.05, 3.63) is 54.6 Å². The number of carbonyl (C=O) groups is 1. The van der Waals surface area contributed by atoms with E-state index in [-0.39, 0.29) is 18.1 Å². The second-order valence-electron chi connectivity index (χ2n) is 7.92. The van der Waals surface area contributed by atoms with Gasteiger partial charge in [0.1, 0.15) is 0 Å². The number of hydrogen-bond acceptors (Lipinski definition) is 4. The summed E-state index contributed by atoms with van der Waals surface area (Å²) in [6, 6.07) is 18.1. The molecule has 5 nitrogen and oxygen atoms in total. The molecule has 0 saturated carbocycles. The second kappa shape index (κ2) is 10.0. The SMILES string of the molecule is O=C(CN(CC1CCCO1)CC1CCCO1)Nc1ccccc1-c1ccccc1. The lowest BCUT2D eigenvalue weighted by Crippen LogP contribution is -2.42. The van der Waals surface area contributed by atoms with Crippen LogP contribution in [-0.4, -0.2) is 55.9 Å². The minimum atomic E-state index is 0.00405. The number of para-hydroxylation sites is 1. The molecular formula is C24H30N2O3. The maximum atomic E-state index is 12.9. The molecule has 2 aromatic rings. The molecule has 0 aromatic heterocycles. The summed E-state index contributed by atoms with van der Waals surface area (Å²) in [7, 11) is 0. The summed E-state index contributed by atoms with van der Waals surface area (Å²) in [5.74, 6) is 0.00405. The smallest absolute Gasteiger partial charge is 0.238 e. The average Bonchev–Trinajstić information content (AvgIpc) is 3.43. The van der Waals surface area contributed by atoms with Crippen LogP contribution in [0, 0.1) is 0 Å². The Bertz CT molecular complexity index is 766. The first kappa shape index (κ1) is 20.1. The van der Waals surface area contributed by atoms with Gasteiger partial charge in [-0.25, -0.2) is 0 Å². The zero-order valence-corrected chi connectivity index (χ0v) is 16.9. The first-order valence-electron chi connectivity index (χ1n) is 10.7. The van der Waals surface area contributed by atoms with Gasteiger partial charge >= 0.3 is 0 Å². The van der Waals surface area contributed by atoms with E-state index in [0.29, 0.717) is 6.54 Å². The Kier molecular flexibility index (Phi) is 6.93. The van der Waals surface area contributed by atoms with E-state index < -0.39 is 0 Å². The highest BCUT2D eigenvalue weighted by molar-refractivity contribution is 5.96. The quantitative estimate of drug-likeness (QED) is 0.737. The largest absolute Gasteiger partial charge is 0.377 e. The van der Waals surface area contributed by atoms with E-state index >= 15 is 0 Å². The Morgan fingerprint density at radius 1 is 0.897 bits per heavy atom. The number of benzene rings is 2. The highest BCUT2D eigenvalue weighted by Crippen LogP contribution is 2.27. The summed E-state index contributed by atoms with van der Waals surface area (Å²) < 4.78 is 11.6. The normalized spacial score (nSPS) is 21.6. The first-order valence-corrected chi connectivity index (χ1v) is 10.7. The van der Waals surface area contributed by atoms with Gasteiger partial charge in [0, 0.05) is 37.6 Å². The highest BCUT2D eigenvalue weighted by Gasteiger charge is 2.25. The number of nitrogens with zero attached hydrogens (tertiary/aromatic N) is 1. The monoisotopic (exact) mass is 394 g/mol. The Balaban J connectivity index is 1.42. The van der Waals surface area contributed by atoms with Gasteiger partial charge in [-0.2, -0.15) is 0 Å². The van der Waals surface area contributed by atoms with Gasteiger partial charge in [-0.3, -0.25) is 9.69 Å². The van der Waals surface area contributed by atoms with E-state index in [1.54, 1.807) is 0 Å². The second-order valence-corrected chi connectivity index (χ2v) is 7.92. The van der Waals surface area contributed by atoms with Crippen LogP contribution in [-0.2, 0) is 14.3 Å². The fourth-order valence-corrected chi connectivity index (χ4v) is 4.21. The minimum Gasteiger partial charge on any atom is -0.377 e. The molecule has 1 amide bonds. The van der Waals surface area contributed by atoms with Crippen molar-refractivity contribution < 1.29 is 14.3 Å². The van der Waals surface area contributed by atoms with Gasteiger partial charge in [0.2, 0.25) is 5.91 Å². The third kappa shape index (κ3) is 5.66. The molecular weight excluding hydrogens is 364 g/mol. The van der Waals surface area contributed by atoms with Crippen molar-refractivity contribution in [2.24, 2.45) is 0 Å². The third-order valence-electron chi connectivity index (χ3n) is 5.62. The van der Waals surface area contributed by atoms with Crippen LogP contribution in [0.25, 0.3) is 11.1 Å². The van der Waals surface area contributed by atoms with Crippen LogP contribution in [0.5, 0.6) is 0 Å². The van der Waals surface area contributed by atoms with Crippen molar-refractivity contribution in [1.82, 2.24) is 4.90 Å². The Morgan fingerprint density at radius 2 is 1.52 bits per heavy atom. The van der Waals surface area contributed by atoms with Gasteiger partial charge in [0.25, 0.3) is 0 Å². The number of nitrogens with one attached hydrogen (secondary N) is 1. The van der Waals surface area contributed by atoms with Crippen molar-refractivity contribution in [2.75, 3.05) is 38.2 Å². The maximum Gasteiger partial charge on any atom is 0.238 e. The van der Waals surface area contributed by atoms with E-state index in [1.807, 2.05) is 42.5 Å². The van der Waals surface area contributed by atoms with Gasteiger partial charge in [0.15, 0.2) is 0 Å². The molecule has 2 fully saturated rings. The van der Waals surface area contributed by atoms with Crippen molar-refractivity contribution in [1.29, 1.82) is 0 Å². The number of anilines is 1. The molecule has 1 N–H and O–H groups in total. The number of ether oxygens (including phenoxy) is 2. The number of hydrogen-bond donors (Lipinski definition) is 1. The first-order chi connectivity index (χ1) is 14.3. The van der Waals surface area contributed by atoms with Gasteiger partial charge in [-0.15, -0.1) is 0 Å². The zero-order valence-electron chi connectivity index (χ0n) is 16.9. The molecule has 5 heteroatoms. The molecule has 154 valence electrons. The molecule has 0 spiro atoms. The Hall–Kier alpha value is -2.21. The zero-order chi connectivity index (χ0) is 19.9. The number of amides is 1. The molecule has 29 heavy (non-hydrogen) atoms. The predicted octanol–water partition coefficient (Wildman–Crippen LogP) is 3.95. The highest BCUT2D eigenvalue weighted by atomic mass is 16.5. The lowest BCUT2D eigenvalue weighted by atomic mass is 10.0. The van der Waals surface area contributed by atoms with E-state index in [0.717, 1.165) is 68.8 Å². The fraction of sp³-hybridized carbons (Fsp3) is 0.458. The van der Waals surface area contributed by atoms with Gasteiger partial charge < -0.3 is 14.8 Å². The maximum absolute atomic E-state index is 12.9. The molecule has 2 saturated heterocycles. The lowest BCUT2D eigenvalue weighted by Gasteiger charge is -2.27. The van der Waals surface area contributed by atoms with Gasteiger partial charge in [0.05, 0.1) is 18.8 Å². The average molecular weight is 395 g/mol. The van der Waals surface area contributed by atoms with E-state index in [1.165, 1.54) is 0 Å². The molecule has 2 atom stereocenters. The van der Waals surface area contributed by atoms with E-state index in [2.05, 4.69) is 22.3 Å². The van der Waals surface area contributed by atoms with Gasteiger partial charge in [-0.1, -0.05) is 48.5 Å². The van der Waals surface area contributed by atoms with Crippen LogP contribution in [0.15, 0.2) is 54.6 Å². The predicted molar refractivity (Wildman–Crippen MR) is 115 cm³/mol. The van der Waals surface area contributed by atoms with Crippen LogP contribution in [0.2, 0.25) is 0 Å². The molecule has 0 aliphatic carbocycles. The molecule has 2 aliphatic rings. The van der Waals surface area contributed by atoms with Crippen molar-refractivity contribution in [3.8, 4) is 11.1 Å². The molecule has 2 aliphatic heterocycles. The summed E-state index contributed by atoms with van der Waals surface area (Å²) >= 11 is 0. The van der Waals surface area contributed by atoms with Crippen molar-refractivity contribution in [3.63, 3.8) is 0 Å². The topological polar surface area (TPSA) is 50.8 Å². The van der Waals surface area contributed by atoms with Crippen LogP contribution in [0.3, 0.4) is 0 Å². The molecule has 2 aromatic carbocycles. The van der Waals surface area contributed by atoms with Gasteiger partial charge in [-0.05, 0) is 37.3 Å². The summed E-state index contributed by atoms with van der Waals surface area (Å²) in [5.41, 5.74) is 2.98. The minimum absolute atomic E-state index is 0.00405. The summed E-state index contributed by atoms with van der Waals surface area (Å²) in [5, 5.41) is 3.13. The Morgan fingerprint density at radius 3 is 2.14 bits per heavy atom. The summed E-state index contributed by atoms with van der Waals surface area (Å²) in [6.07, 6.45) is 4.80. The standard InChI is InChI=1S/C24H30N2O3/c27-24(25-23-13-5-4-12-22(23)19-8-2-1-3-9-19)18-26(16-20-10-6-14-28-20)17-21-11-7-15-29-21/h1-5,8-9,12-13,20-21H,6-7,10-11,14-18H2,(H,25,27). The molecule has 0 radical (unpaired) electrons. The van der Waals surface area contributed by atoms with Crippen molar-refractivity contribution in [2.45, 2.75) is 37.9 Å². The van der Waals surface area contributed by atoms with E-state index in [4.69, 9.17) is 9.47 Å². The summed E-state index contributed by atoms with van der Waals surface area (Å²) in [4.78, 5) is 15.1. The van der Waals surface area contributed by atoms with Crippen LogP contribution < -0.4 is 5.32 Å². The lowest BCUT2D eigenvalue weighted by molar-refractivity contribution is -0.118.